The number of benzene rings is 3. The molecule has 0 aliphatic carbocycles. The van der Waals surface area contributed by atoms with Crippen LogP contribution in [0, 0.1) is 11.6 Å². The summed E-state index contributed by atoms with van der Waals surface area (Å²) in [4.78, 5) is 21.7. The van der Waals surface area contributed by atoms with Gasteiger partial charge in [0.05, 0.1) is 30.2 Å². The number of carbonyl (C=O) groups excluding carboxylic acids is 1. The van der Waals surface area contributed by atoms with Gasteiger partial charge in [0.2, 0.25) is 15.9 Å². The number of furan rings is 1. The van der Waals surface area contributed by atoms with Crippen molar-refractivity contribution in [3.8, 4) is 33.9 Å². The zero-order valence-electron chi connectivity index (χ0n) is 24.2. The van der Waals surface area contributed by atoms with Crippen LogP contribution in [0.4, 0.5) is 14.5 Å². The summed E-state index contributed by atoms with van der Waals surface area (Å²) in [6.45, 7) is 1.10. The summed E-state index contributed by atoms with van der Waals surface area (Å²) in [6, 6.07) is 15.6. The number of sulfonamides is 1. The highest BCUT2D eigenvalue weighted by Crippen LogP contribution is 2.42. The van der Waals surface area contributed by atoms with E-state index in [2.05, 4.69) is 15.3 Å². The van der Waals surface area contributed by atoms with Gasteiger partial charge < -0.3 is 19.3 Å². The number of oxazole rings is 1. The highest BCUT2D eigenvalue weighted by molar-refractivity contribution is 7.92. The lowest BCUT2D eigenvalue weighted by atomic mass is 9.97. The number of carbonyl (C=O) groups is 1. The molecule has 1 amide bonds. The van der Waals surface area contributed by atoms with Crippen LogP contribution in [0.5, 0.6) is 0 Å². The molecule has 10 nitrogen and oxygen atoms in total. The molecule has 230 valence electrons. The molecule has 0 aliphatic heterocycles. The van der Waals surface area contributed by atoms with Crippen molar-refractivity contribution in [2.45, 2.75) is 13.0 Å². The van der Waals surface area contributed by atoms with Gasteiger partial charge in [0.15, 0.2) is 11.2 Å². The molecule has 3 aromatic carbocycles. The van der Waals surface area contributed by atoms with Crippen LogP contribution in [0.3, 0.4) is 0 Å². The molecule has 13 heteroatoms. The zero-order chi connectivity index (χ0) is 32.0. The number of aromatic nitrogens is 2. The number of hydrogen-bond acceptors (Lipinski definition) is 8. The highest BCUT2D eigenvalue weighted by Gasteiger charge is 2.28. The fraction of sp³-hybridized carbons (Fsp3) is 0.156. The Morgan fingerprint density at radius 1 is 0.978 bits per heavy atom. The molecule has 1 unspecified atom stereocenters. The third-order valence-corrected chi connectivity index (χ3v) is 8.23. The van der Waals surface area contributed by atoms with E-state index in [-0.39, 0.29) is 57.1 Å². The van der Waals surface area contributed by atoms with Gasteiger partial charge in [-0.3, -0.25) is 9.10 Å². The largest absolute Gasteiger partial charge is 0.455 e. The molecule has 3 heterocycles. The van der Waals surface area contributed by atoms with Crippen LogP contribution >= 0.6 is 0 Å². The van der Waals surface area contributed by atoms with Crippen molar-refractivity contribution in [2.75, 3.05) is 24.2 Å². The first-order valence-electron chi connectivity index (χ1n) is 13.7. The summed E-state index contributed by atoms with van der Waals surface area (Å²) < 4.78 is 68.2. The van der Waals surface area contributed by atoms with Crippen LogP contribution < -0.4 is 9.62 Å². The van der Waals surface area contributed by atoms with E-state index in [0.29, 0.717) is 16.8 Å². The van der Waals surface area contributed by atoms with E-state index in [1.54, 1.807) is 24.4 Å². The summed E-state index contributed by atoms with van der Waals surface area (Å²) in [7, 11) is -2.57. The maximum atomic E-state index is 15.3. The summed E-state index contributed by atoms with van der Waals surface area (Å²) in [5.74, 6) is -1.47. The maximum absolute atomic E-state index is 15.3. The van der Waals surface area contributed by atoms with Crippen molar-refractivity contribution < 1.29 is 35.9 Å². The van der Waals surface area contributed by atoms with Crippen LogP contribution in [0.15, 0.2) is 81.8 Å². The molecular formula is C32H26F2N4O6S. The number of rotatable bonds is 8. The number of fused-ring (bicyclic) bond motifs is 2. The Bertz CT molecular complexity index is 2160. The van der Waals surface area contributed by atoms with Gasteiger partial charge in [0.1, 0.15) is 23.0 Å². The van der Waals surface area contributed by atoms with Crippen molar-refractivity contribution in [3.63, 3.8) is 0 Å². The second-order valence-electron chi connectivity index (χ2n) is 10.5. The predicted octanol–water partition coefficient (Wildman–Crippen LogP) is 5.75. The topological polar surface area (TPSA) is 139 Å². The van der Waals surface area contributed by atoms with Gasteiger partial charge in [0.25, 0.3) is 5.91 Å². The van der Waals surface area contributed by atoms with Crippen LogP contribution in [0.25, 0.3) is 56.1 Å². The number of pyridine rings is 1. The Kier molecular flexibility index (Phi) is 7.59. The smallest absolute Gasteiger partial charge is 0.255 e. The number of anilines is 1. The Balaban J connectivity index is 1.66. The Hall–Kier alpha value is -5.14. The molecule has 0 fully saturated rings. The number of nitrogens with zero attached hydrogens (tertiary/aromatic N) is 3. The van der Waals surface area contributed by atoms with Gasteiger partial charge in [-0.1, -0.05) is 0 Å². The van der Waals surface area contributed by atoms with E-state index in [4.69, 9.17) is 8.83 Å². The fourth-order valence-electron chi connectivity index (χ4n) is 5.14. The highest BCUT2D eigenvalue weighted by atomic mass is 32.2. The quantitative estimate of drug-likeness (QED) is 0.216. The summed E-state index contributed by atoms with van der Waals surface area (Å²) in [5.41, 5.74) is 2.10. The van der Waals surface area contributed by atoms with Gasteiger partial charge in [-0.05, 0) is 73.2 Å². The first-order valence-corrected chi connectivity index (χ1v) is 15.5. The minimum atomic E-state index is -4.01. The van der Waals surface area contributed by atoms with Crippen molar-refractivity contribution >= 4 is 43.8 Å². The normalized spacial score (nSPS) is 12.5. The third-order valence-electron chi connectivity index (χ3n) is 7.09. The molecule has 0 radical (unpaired) electrons. The van der Waals surface area contributed by atoms with Crippen LogP contribution in [-0.4, -0.2) is 55.4 Å². The minimum Gasteiger partial charge on any atom is -0.455 e. The number of amides is 1. The molecule has 0 bridgehead atoms. The van der Waals surface area contributed by atoms with Gasteiger partial charge >= 0.3 is 0 Å². The Labute approximate surface area is 256 Å². The predicted molar refractivity (Wildman–Crippen MR) is 165 cm³/mol. The van der Waals surface area contributed by atoms with E-state index in [1.807, 2.05) is 0 Å². The second-order valence-corrected chi connectivity index (χ2v) is 12.4. The average Bonchev–Trinajstić information content (AvgIpc) is 3.60. The minimum absolute atomic E-state index is 0.0598. The zero-order valence-corrected chi connectivity index (χ0v) is 25.0. The summed E-state index contributed by atoms with van der Waals surface area (Å²) in [6.07, 6.45) is 1.45. The summed E-state index contributed by atoms with van der Waals surface area (Å²) in [5, 5.41) is 13.1. The van der Waals surface area contributed by atoms with Crippen LogP contribution in [-0.2, 0) is 10.0 Å². The molecular weight excluding hydrogens is 606 g/mol. The van der Waals surface area contributed by atoms with Crippen LogP contribution in [0.1, 0.15) is 17.3 Å². The first-order chi connectivity index (χ1) is 21.4. The first kappa shape index (κ1) is 29.9. The molecule has 0 aliphatic rings. The van der Waals surface area contributed by atoms with Crippen molar-refractivity contribution in [3.05, 3.63) is 90.1 Å². The standard InChI is InChI=1S/C32H26F2N4O6S/c1-17(39)16-38(45(3,41)42)25-15-27-24(28(31(40)35-2)29(43-27)18-6-8-21(33)9-7-18)14-23(25)19-11-20(13-22(34)12-19)32-37-30-26(44-32)5-4-10-36-30/h4-15,17,39H,16H2,1-3H3,(H,35,40). The van der Waals surface area contributed by atoms with E-state index >= 15 is 4.39 Å². The third kappa shape index (κ3) is 5.75. The lowest BCUT2D eigenvalue weighted by Gasteiger charge is -2.26. The molecule has 2 N–H and O–H groups in total. The summed E-state index contributed by atoms with van der Waals surface area (Å²) >= 11 is 0. The van der Waals surface area contributed by atoms with Crippen molar-refractivity contribution in [1.82, 2.24) is 15.3 Å². The van der Waals surface area contributed by atoms with Crippen molar-refractivity contribution in [1.29, 1.82) is 0 Å². The van der Waals surface area contributed by atoms with Gasteiger partial charge in [0, 0.05) is 41.4 Å². The van der Waals surface area contributed by atoms with Gasteiger partial charge in [-0.2, -0.15) is 4.98 Å². The Morgan fingerprint density at radius 3 is 2.38 bits per heavy atom. The lowest BCUT2D eigenvalue weighted by molar-refractivity contribution is 0.0964. The number of hydrogen-bond donors (Lipinski definition) is 2. The number of nitrogens with one attached hydrogen (secondary N) is 1. The van der Waals surface area contributed by atoms with Crippen LogP contribution in [0.2, 0.25) is 0 Å². The molecule has 6 aromatic rings. The monoisotopic (exact) mass is 632 g/mol. The molecule has 6 rings (SSSR count). The Morgan fingerprint density at radius 2 is 1.71 bits per heavy atom. The number of aliphatic hydroxyl groups excluding tert-OH is 1. The van der Waals surface area contributed by atoms with E-state index < -0.39 is 33.7 Å². The SMILES string of the molecule is CNC(=O)c1c(-c2ccc(F)cc2)oc2cc(N(CC(C)O)S(C)(=O)=O)c(-c3cc(F)cc(-c4nc5ncccc5o4)c3)cc12. The molecule has 45 heavy (non-hydrogen) atoms. The number of aliphatic hydroxyl groups is 1. The molecule has 0 saturated carbocycles. The molecule has 3 aromatic heterocycles. The van der Waals surface area contributed by atoms with Gasteiger partial charge in [-0.25, -0.2) is 22.2 Å². The molecule has 1 atom stereocenters. The molecule has 0 saturated heterocycles. The number of halogens is 2. The fourth-order valence-corrected chi connectivity index (χ4v) is 6.13. The van der Waals surface area contributed by atoms with E-state index in [0.717, 1.165) is 10.6 Å². The second kappa shape index (κ2) is 11.4. The van der Waals surface area contributed by atoms with E-state index in [1.165, 1.54) is 62.5 Å². The van der Waals surface area contributed by atoms with E-state index in [9.17, 15) is 22.7 Å². The lowest BCUT2D eigenvalue weighted by Crippen LogP contribution is -2.36. The van der Waals surface area contributed by atoms with Crippen molar-refractivity contribution in [2.24, 2.45) is 0 Å². The van der Waals surface area contributed by atoms with Gasteiger partial charge in [-0.15, -0.1) is 0 Å². The maximum Gasteiger partial charge on any atom is 0.255 e. The average molecular weight is 633 g/mol. The molecule has 0 spiro atoms.